The van der Waals surface area contributed by atoms with Crippen molar-refractivity contribution in [2.45, 2.75) is 32.7 Å². The summed E-state index contributed by atoms with van der Waals surface area (Å²) >= 11 is 0. The van der Waals surface area contributed by atoms with Gasteiger partial charge in [0.15, 0.2) is 0 Å². The minimum atomic E-state index is 0.271. The van der Waals surface area contributed by atoms with E-state index in [1.807, 2.05) is 19.2 Å². The molecule has 3 N–H and O–H groups in total. The Hall–Kier alpha value is -1.29. The highest BCUT2D eigenvalue weighted by molar-refractivity contribution is 5.62. The molecule has 1 rings (SSSR count). The topological polar surface area (TPSA) is 60.2 Å². The van der Waals surface area contributed by atoms with Gasteiger partial charge in [0, 0.05) is 13.3 Å². The Morgan fingerprint density at radius 1 is 1.56 bits per heavy atom. The molecule has 0 aliphatic heterocycles. The van der Waals surface area contributed by atoms with Crippen LogP contribution in [0.4, 0.5) is 11.5 Å². The number of nitrogen functional groups attached to an aromatic ring is 1. The first-order valence-corrected chi connectivity index (χ1v) is 5.65. The summed E-state index contributed by atoms with van der Waals surface area (Å²) in [5, 5.41) is 3.32. The van der Waals surface area contributed by atoms with Crippen LogP contribution in [0.5, 0.6) is 0 Å². The zero-order valence-corrected chi connectivity index (χ0v) is 10.3. The SMILES string of the molecule is CCCC(COC)Nc1ncc(C)cc1N. The molecule has 0 amide bonds. The third kappa shape index (κ3) is 3.70. The fraction of sp³-hybridized carbons (Fsp3) is 0.583. The molecule has 4 nitrogen and oxygen atoms in total. The average Bonchev–Trinajstić information content (AvgIpc) is 2.23. The average molecular weight is 223 g/mol. The monoisotopic (exact) mass is 223 g/mol. The largest absolute Gasteiger partial charge is 0.396 e. The van der Waals surface area contributed by atoms with Gasteiger partial charge in [-0.05, 0) is 25.0 Å². The third-order valence-electron chi connectivity index (χ3n) is 2.40. The van der Waals surface area contributed by atoms with Crippen LogP contribution in [-0.4, -0.2) is 24.7 Å². The van der Waals surface area contributed by atoms with Gasteiger partial charge in [-0.1, -0.05) is 13.3 Å². The van der Waals surface area contributed by atoms with Crippen LogP contribution in [0.15, 0.2) is 12.3 Å². The van der Waals surface area contributed by atoms with E-state index in [0.29, 0.717) is 12.3 Å². The summed E-state index contributed by atoms with van der Waals surface area (Å²) in [6.45, 7) is 4.80. The van der Waals surface area contributed by atoms with Crippen molar-refractivity contribution in [2.24, 2.45) is 0 Å². The Kier molecular flexibility index (Phi) is 5.05. The van der Waals surface area contributed by atoms with Gasteiger partial charge in [0.05, 0.1) is 18.3 Å². The van der Waals surface area contributed by atoms with Gasteiger partial charge in [-0.3, -0.25) is 0 Å². The van der Waals surface area contributed by atoms with Gasteiger partial charge < -0.3 is 15.8 Å². The minimum Gasteiger partial charge on any atom is -0.396 e. The molecule has 0 aromatic carbocycles. The number of anilines is 2. The maximum atomic E-state index is 5.90. The molecule has 0 saturated heterocycles. The van der Waals surface area contributed by atoms with Crippen LogP contribution in [-0.2, 0) is 4.74 Å². The molecule has 16 heavy (non-hydrogen) atoms. The van der Waals surface area contributed by atoms with Gasteiger partial charge in [0.2, 0.25) is 0 Å². The van der Waals surface area contributed by atoms with Crippen molar-refractivity contribution in [3.8, 4) is 0 Å². The molecule has 0 aliphatic carbocycles. The lowest BCUT2D eigenvalue weighted by Gasteiger charge is -2.18. The molecular formula is C12H21N3O. The van der Waals surface area contributed by atoms with Gasteiger partial charge in [-0.2, -0.15) is 0 Å². The molecule has 0 radical (unpaired) electrons. The van der Waals surface area contributed by atoms with Gasteiger partial charge in [0.25, 0.3) is 0 Å². The standard InChI is InChI=1S/C12H21N3O/c1-4-5-10(8-16-3)15-12-11(13)6-9(2)7-14-12/h6-7,10H,4-5,8,13H2,1-3H3,(H,14,15). The van der Waals surface area contributed by atoms with Crippen molar-refractivity contribution in [1.82, 2.24) is 4.98 Å². The van der Waals surface area contributed by atoms with E-state index in [4.69, 9.17) is 10.5 Å². The maximum absolute atomic E-state index is 5.90. The van der Waals surface area contributed by atoms with E-state index < -0.39 is 0 Å². The lowest BCUT2D eigenvalue weighted by Crippen LogP contribution is -2.25. The number of nitrogens with zero attached hydrogens (tertiary/aromatic N) is 1. The minimum absolute atomic E-state index is 0.271. The molecule has 0 saturated carbocycles. The lowest BCUT2D eigenvalue weighted by molar-refractivity contribution is 0.182. The van der Waals surface area contributed by atoms with Crippen molar-refractivity contribution in [3.05, 3.63) is 17.8 Å². The molecule has 0 spiro atoms. The number of methoxy groups -OCH3 is 1. The number of nitrogens with one attached hydrogen (secondary N) is 1. The molecule has 1 aromatic heterocycles. The predicted molar refractivity (Wildman–Crippen MR) is 67.6 cm³/mol. The number of hydrogen-bond acceptors (Lipinski definition) is 4. The van der Waals surface area contributed by atoms with Crippen molar-refractivity contribution in [1.29, 1.82) is 0 Å². The summed E-state index contributed by atoms with van der Waals surface area (Å²) in [5.74, 6) is 0.751. The summed E-state index contributed by atoms with van der Waals surface area (Å²) in [7, 11) is 1.70. The van der Waals surface area contributed by atoms with Gasteiger partial charge in [-0.15, -0.1) is 0 Å². The molecule has 0 bridgehead atoms. The number of nitrogens with two attached hydrogens (primary N) is 1. The Morgan fingerprint density at radius 3 is 2.88 bits per heavy atom. The summed E-state index contributed by atoms with van der Waals surface area (Å²) in [5.41, 5.74) is 7.66. The molecular weight excluding hydrogens is 202 g/mol. The van der Waals surface area contributed by atoms with Crippen molar-refractivity contribution in [3.63, 3.8) is 0 Å². The molecule has 1 aromatic rings. The van der Waals surface area contributed by atoms with E-state index in [0.717, 1.165) is 24.2 Å². The van der Waals surface area contributed by atoms with E-state index in [-0.39, 0.29) is 6.04 Å². The molecule has 0 aliphatic rings. The second-order valence-corrected chi connectivity index (χ2v) is 4.04. The second kappa shape index (κ2) is 6.33. The number of aromatic nitrogens is 1. The van der Waals surface area contributed by atoms with Crippen LogP contribution in [0.2, 0.25) is 0 Å². The zero-order valence-electron chi connectivity index (χ0n) is 10.3. The van der Waals surface area contributed by atoms with Crippen LogP contribution in [0.3, 0.4) is 0 Å². The van der Waals surface area contributed by atoms with E-state index in [1.54, 1.807) is 7.11 Å². The van der Waals surface area contributed by atoms with E-state index >= 15 is 0 Å². The third-order valence-corrected chi connectivity index (χ3v) is 2.40. The molecule has 0 fully saturated rings. The maximum Gasteiger partial charge on any atom is 0.149 e. The highest BCUT2D eigenvalue weighted by atomic mass is 16.5. The normalized spacial score (nSPS) is 12.4. The fourth-order valence-electron chi connectivity index (χ4n) is 1.65. The van der Waals surface area contributed by atoms with Crippen molar-refractivity contribution in [2.75, 3.05) is 24.8 Å². The first-order valence-electron chi connectivity index (χ1n) is 5.65. The molecule has 1 atom stereocenters. The number of rotatable bonds is 6. The lowest BCUT2D eigenvalue weighted by atomic mass is 10.2. The van der Waals surface area contributed by atoms with Crippen LogP contribution in [0.1, 0.15) is 25.3 Å². The summed E-state index contributed by atoms with van der Waals surface area (Å²) < 4.78 is 5.16. The number of aryl methyl sites for hydroxylation is 1. The van der Waals surface area contributed by atoms with E-state index in [2.05, 4.69) is 17.2 Å². The van der Waals surface area contributed by atoms with Crippen molar-refractivity contribution < 1.29 is 4.74 Å². The summed E-state index contributed by atoms with van der Waals surface area (Å²) in [6, 6.07) is 2.19. The molecule has 1 unspecified atom stereocenters. The highest BCUT2D eigenvalue weighted by Crippen LogP contribution is 2.17. The van der Waals surface area contributed by atoms with Crippen LogP contribution in [0.25, 0.3) is 0 Å². The van der Waals surface area contributed by atoms with Crippen molar-refractivity contribution >= 4 is 11.5 Å². The quantitative estimate of drug-likeness (QED) is 0.776. The van der Waals surface area contributed by atoms with E-state index in [1.165, 1.54) is 0 Å². The number of ether oxygens (including phenoxy) is 1. The van der Waals surface area contributed by atoms with Gasteiger partial charge in [-0.25, -0.2) is 4.98 Å². The van der Waals surface area contributed by atoms with Gasteiger partial charge >= 0.3 is 0 Å². The predicted octanol–water partition coefficient (Wildman–Crippen LogP) is 2.20. The summed E-state index contributed by atoms with van der Waals surface area (Å²) in [4.78, 5) is 4.29. The number of hydrogen-bond donors (Lipinski definition) is 2. The first kappa shape index (κ1) is 12.8. The Morgan fingerprint density at radius 2 is 2.31 bits per heavy atom. The van der Waals surface area contributed by atoms with Gasteiger partial charge in [0.1, 0.15) is 5.82 Å². The van der Waals surface area contributed by atoms with Crippen LogP contribution >= 0.6 is 0 Å². The molecule has 4 heteroatoms. The highest BCUT2D eigenvalue weighted by Gasteiger charge is 2.09. The summed E-state index contributed by atoms with van der Waals surface area (Å²) in [6.07, 6.45) is 3.96. The first-order chi connectivity index (χ1) is 7.67. The smallest absolute Gasteiger partial charge is 0.149 e. The Bertz CT molecular complexity index is 322. The number of pyridine rings is 1. The van der Waals surface area contributed by atoms with Crippen LogP contribution < -0.4 is 11.1 Å². The molecule has 90 valence electrons. The zero-order chi connectivity index (χ0) is 12.0. The van der Waals surface area contributed by atoms with Crippen LogP contribution in [0, 0.1) is 6.92 Å². The molecule has 1 heterocycles. The van der Waals surface area contributed by atoms with E-state index in [9.17, 15) is 0 Å². The Balaban J connectivity index is 2.68. The second-order valence-electron chi connectivity index (χ2n) is 4.04. The fourth-order valence-corrected chi connectivity index (χ4v) is 1.65. The Labute approximate surface area is 97.2 Å².